The van der Waals surface area contributed by atoms with Crippen LogP contribution in [0.2, 0.25) is 0 Å². The molecule has 0 aliphatic carbocycles. The van der Waals surface area contributed by atoms with Gasteiger partial charge in [-0.25, -0.2) is 0 Å². The zero-order valence-electron chi connectivity index (χ0n) is 21.8. The standard InChI is InChI=1S/C29H36N2O5/c1-6-30(7-2)14-15-31-25(19-8-11-21(12-9-19)29(3,4)5)24(27(33)28(31)34)26(32)20-10-13-22-23(18-20)36-17-16-35-22/h8-13,18,25,32H,6-7,14-17H2,1-5H3. The minimum absolute atomic E-state index is 0.0334. The average Bonchev–Trinajstić information content (AvgIpc) is 3.13. The van der Waals surface area contributed by atoms with Crippen LogP contribution in [0.15, 0.2) is 48.0 Å². The summed E-state index contributed by atoms with van der Waals surface area (Å²) in [7, 11) is 0. The van der Waals surface area contributed by atoms with E-state index >= 15 is 0 Å². The van der Waals surface area contributed by atoms with Crippen LogP contribution in [0.25, 0.3) is 5.76 Å². The molecule has 2 aromatic rings. The smallest absolute Gasteiger partial charge is 0.295 e. The maximum atomic E-state index is 13.3. The molecule has 1 fully saturated rings. The predicted molar refractivity (Wildman–Crippen MR) is 139 cm³/mol. The monoisotopic (exact) mass is 492 g/mol. The van der Waals surface area contributed by atoms with Crippen LogP contribution in [0.5, 0.6) is 11.5 Å². The molecule has 2 heterocycles. The van der Waals surface area contributed by atoms with Crippen molar-refractivity contribution in [2.75, 3.05) is 39.4 Å². The zero-order chi connectivity index (χ0) is 26.0. The molecule has 2 aliphatic rings. The van der Waals surface area contributed by atoms with E-state index in [1.807, 2.05) is 24.3 Å². The molecule has 7 nitrogen and oxygen atoms in total. The van der Waals surface area contributed by atoms with Crippen molar-refractivity contribution < 1.29 is 24.2 Å². The number of Topliss-reactive ketones (excluding diaryl/α,β-unsaturated/α-hetero) is 1. The number of hydrogen-bond acceptors (Lipinski definition) is 6. The second-order valence-electron chi connectivity index (χ2n) is 10.2. The Morgan fingerprint density at radius 1 is 1.00 bits per heavy atom. The van der Waals surface area contributed by atoms with Crippen LogP contribution >= 0.6 is 0 Å². The molecule has 0 aromatic heterocycles. The summed E-state index contributed by atoms with van der Waals surface area (Å²) in [6.45, 7) is 14.2. The summed E-state index contributed by atoms with van der Waals surface area (Å²) < 4.78 is 11.3. The summed E-state index contributed by atoms with van der Waals surface area (Å²) in [5, 5.41) is 11.4. The lowest BCUT2D eigenvalue weighted by molar-refractivity contribution is -0.140. The van der Waals surface area contributed by atoms with Gasteiger partial charge in [0, 0.05) is 18.7 Å². The van der Waals surface area contributed by atoms with E-state index in [0.717, 1.165) is 24.2 Å². The molecule has 0 radical (unpaired) electrons. The lowest BCUT2D eigenvalue weighted by atomic mass is 9.85. The number of benzene rings is 2. The Kier molecular flexibility index (Phi) is 7.41. The molecule has 1 saturated heterocycles. The predicted octanol–water partition coefficient (Wildman–Crippen LogP) is 4.52. The van der Waals surface area contributed by atoms with Crippen molar-refractivity contribution in [1.82, 2.24) is 9.80 Å². The first kappa shape index (κ1) is 25.8. The van der Waals surface area contributed by atoms with Gasteiger partial charge in [-0.3, -0.25) is 9.59 Å². The van der Waals surface area contributed by atoms with Gasteiger partial charge in [0.05, 0.1) is 11.6 Å². The molecule has 0 bridgehead atoms. The lowest BCUT2D eigenvalue weighted by Gasteiger charge is -2.29. The highest BCUT2D eigenvalue weighted by molar-refractivity contribution is 6.46. The number of carbonyl (C=O) groups is 2. The van der Waals surface area contributed by atoms with Gasteiger partial charge in [-0.05, 0) is 47.8 Å². The van der Waals surface area contributed by atoms with E-state index in [1.54, 1.807) is 23.1 Å². The summed E-state index contributed by atoms with van der Waals surface area (Å²) >= 11 is 0. The van der Waals surface area contributed by atoms with E-state index < -0.39 is 17.7 Å². The van der Waals surface area contributed by atoms with Crippen LogP contribution in [-0.2, 0) is 15.0 Å². The van der Waals surface area contributed by atoms with Crippen molar-refractivity contribution >= 4 is 17.4 Å². The molecule has 0 saturated carbocycles. The Bertz CT molecular complexity index is 1160. The number of hydrogen-bond donors (Lipinski definition) is 1. The third kappa shape index (κ3) is 4.98. The number of aliphatic hydroxyl groups is 1. The van der Waals surface area contributed by atoms with Gasteiger partial charge in [-0.2, -0.15) is 0 Å². The molecule has 1 N–H and O–H groups in total. The van der Waals surface area contributed by atoms with E-state index in [2.05, 4.69) is 39.5 Å². The van der Waals surface area contributed by atoms with E-state index in [4.69, 9.17) is 9.47 Å². The molecule has 1 unspecified atom stereocenters. The second-order valence-corrected chi connectivity index (χ2v) is 10.2. The Labute approximate surface area is 213 Å². The molecule has 2 aromatic carbocycles. The van der Waals surface area contributed by atoms with Gasteiger partial charge in [-0.1, -0.05) is 58.9 Å². The highest BCUT2D eigenvalue weighted by Gasteiger charge is 2.46. The van der Waals surface area contributed by atoms with Crippen LogP contribution < -0.4 is 9.47 Å². The maximum absolute atomic E-state index is 13.3. The lowest BCUT2D eigenvalue weighted by Crippen LogP contribution is -2.38. The number of ether oxygens (including phenoxy) is 2. The van der Waals surface area contributed by atoms with Crippen molar-refractivity contribution in [1.29, 1.82) is 0 Å². The highest BCUT2D eigenvalue weighted by atomic mass is 16.6. The van der Waals surface area contributed by atoms with E-state index in [-0.39, 0.29) is 16.7 Å². The summed E-state index contributed by atoms with van der Waals surface area (Å²) in [5.74, 6) is -0.377. The van der Waals surface area contributed by atoms with Crippen LogP contribution in [0.4, 0.5) is 0 Å². The summed E-state index contributed by atoms with van der Waals surface area (Å²) in [6, 6.07) is 12.4. The van der Waals surface area contributed by atoms with Gasteiger partial charge in [0.2, 0.25) is 0 Å². The molecule has 1 amide bonds. The van der Waals surface area contributed by atoms with Crippen LogP contribution in [0.3, 0.4) is 0 Å². The third-order valence-corrected chi connectivity index (χ3v) is 7.00. The number of carbonyl (C=O) groups excluding carboxylic acids is 2. The van der Waals surface area contributed by atoms with Gasteiger partial charge >= 0.3 is 0 Å². The fraction of sp³-hybridized carbons (Fsp3) is 0.448. The largest absolute Gasteiger partial charge is 0.507 e. The van der Waals surface area contributed by atoms with Gasteiger partial charge in [0.15, 0.2) is 11.5 Å². The number of rotatable bonds is 7. The fourth-order valence-electron chi connectivity index (χ4n) is 4.76. The number of aliphatic hydroxyl groups excluding tert-OH is 1. The maximum Gasteiger partial charge on any atom is 0.295 e. The normalized spacial score (nSPS) is 19.3. The first-order chi connectivity index (χ1) is 17.2. The van der Waals surface area contributed by atoms with Crippen molar-refractivity contribution in [2.45, 2.75) is 46.1 Å². The quantitative estimate of drug-likeness (QED) is 0.348. The second kappa shape index (κ2) is 10.3. The number of likely N-dealkylation sites (N-methyl/N-ethyl adjacent to an activating group) is 1. The summed E-state index contributed by atoms with van der Waals surface area (Å²) in [4.78, 5) is 30.4. The summed E-state index contributed by atoms with van der Waals surface area (Å²) in [6.07, 6.45) is 0. The number of nitrogens with zero attached hydrogens (tertiary/aromatic N) is 2. The molecule has 36 heavy (non-hydrogen) atoms. The Morgan fingerprint density at radius 3 is 2.25 bits per heavy atom. The first-order valence-corrected chi connectivity index (χ1v) is 12.7. The molecule has 7 heteroatoms. The minimum Gasteiger partial charge on any atom is -0.507 e. The van der Waals surface area contributed by atoms with Crippen LogP contribution in [-0.4, -0.2) is 66.0 Å². The average molecular weight is 493 g/mol. The van der Waals surface area contributed by atoms with Gasteiger partial charge in [0.25, 0.3) is 11.7 Å². The van der Waals surface area contributed by atoms with Crippen molar-refractivity contribution in [3.63, 3.8) is 0 Å². The molecule has 192 valence electrons. The molecule has 4 rings (SSSR count). The van der Waals surface area contributed by atoms with Gasteiger partial charge in [-0.15, -0.1) is 0 Å². The Hall–Kier alpha value is -3.32. The fourth-order valence-corrected chi connectivity index (χ4v) is 4.76. The molecular weight excluding hydrogens is 456 g/mol. The Morgan fingerprint density at radius 2 is 1.64 bits per heavy atom. The van der Waals surface area contributed by atoms with Crippen LogP contribution in [0.1, 0.15) is 57.4 Å². The van der Waals surface area contributed by atoms with E-state index in [9.17, 15) is 14.7 Å². The molecular formula is C29H36N2O5. The molecule has 2 aliphatic heterocycles. The van der Waals surface area contributed by atoms with Crippen molar-refractivity contribution in [2.24, 2.45) is 0 Å². The first-order valence-electron chi connectivity index (χ1n) is 12.7. The van der Waals surface area contributed by atoms with Gasteiger partial charge in [0.1, 0.15) is 19.0 Å². The highest BCUT2D eigenvalue weighted by Crippen LogP contribution is 2.41. The van der Waals surface area contributed by atoms with Crippen molar-refractivity contribution in [3.05, 3.63) is 64.7 Å². The topological polar surface area (TPSA) is 79.3 Å². The number of ketones is 1. The van der Waals surface area contributed by atoms with Crippen LogP contribution in [0, 0.1) is 0 Å². The third-order valence-electron chi connectivity index (χ3n) is 7.00. The minimum atomic E-state index is -0.678. The van der Waals surface area contributed by atoms with Crippen molar-refractivity contribution in [3.8, 4) is 11.5 Å². The van der Waals surface area contributed by atoms with E-state index in [1.165, 1.54) is 0 Å². The molecule has 1 atom stereocenters. The zero-order valence-corrected chi connectivity index (χ0v) is 21.8. The van der Waals surface area contributed by atoms with E-state index in [0.29, 0.717) is 43.4 Å². The summed E-state index contributed by atoms with van der Waals surface area (Å²) in [5.41, 5.74) is 2.42. The number of amides is 1. The Balaban J connectivity index is 1.79. The van der Waals surface area contributed by atoms with Gasteiger partial charge < -0.3 is 24.4 Å². The number of fused-ring (bicyclic) bond motifs is 1. The molecule has 0 spiro atoms. The number of likely N-dealkylation sites (tertiary alicyclic amines) is 1. The SMILES string of the molecule is CCN(CC)CCN1C(=O)C(=O)C(=C(O)c2ccc3c(c2)OCCO3)C1c1ccc(C(C)(C)C)cc1.